The first kappa shape index (κ1) is 21.7. The lowest BCUT2D eigenvalue weighted by atomic mass is 10.1. The van der Waals surface area contributed by atoms with E-state index in [4.69, 9.17) is 4.74 Å². The number of carbonyl (C=O) groups excluding carboxylic acids is 1. The molecule has 0 saturated carbocycles. The third kappa shape index (κ3) is 4.78. The molecule has 3 aromatic carbocycles. The van der Waals surface area contributed by atoms with Gasteiger partial charge in [-0.15, -0.1) is 11.3 Å². The van der Waals surface area contributed by atoms with Gasteiger partial charge in [-0.25, -0.2) is 0 Å². The molecule has 0 atom stereocenters. The molecule has 1 amide bonds. The Balaban J connectivity index is 0.00000256. The van der Waals surface area contributed by atoms with Gasteiger partial charge >= 0.3 is 0 Å². The van der Waals surface area contributed by atoms with Crippen LogP contribution >= 0.6 is 11.3 Å². The molecule has 6 heteroatoms. The zero-order chi connectivity index (χ0) is 20.1. The maximum absolute atomic E-state index is 12.7. The van der Waals surface area contributed by atoms with E-state index in [0.717, 1.165) is 22.7 Å². The number of thiazole rings is 1. The normalized spacial score (nSPS) is 11.0. The lowest BCUT2D eigenvalue weighted by Gasteiger charge is -2.10. The fraction of sp³-hybridized carbons (Fsp3) is 0.0833. The van der Waals surface area contributed by atoms with Gasteiger partial charge in [0.15, 0.2) is 4.80 Å². The highest BCUT2D eigenvalue weighted by atomic mass is 79.9. The van der Waals surface area contributed by atoms with E-state index in [1.807, 2.05) is 89.7 Å². The van der Waals surface area contributed by atoms with Gasteiger partial charge in [-0.2, -0.15) is 4.99 Å². The Hall–Kier alpha value is -2.96. The second kappa shape index (κ2) is 10.2. The third-order valence-corrected chi connectivity index (χ3v) is 5.23. The molecule has 152 valence electrons. The van der Waals surface area contributed by atoms with Crippen LogP contribution in [0.3, 0.4) is 0 Å². The Morgan fingerprint density at radius 1 is 0.933 bits per heavy atom. The van der Waals surface area contributed by atoms with Gasteiger partial charge in [0.2, 0.25) is 0 Å². The highest BCUT2D eigenvalue weighted by Crippen LogP contribution is 2.25. The van der Waals surface area contributed by atoms with Crippen molar-refractivity contribution in [3.8, 4) is 22.7 Å². The molecular weight excluding hydrogens is 460 g/mol. The summed E-state index contributed by atoms with van der Waals surface area (Å²) >= 11 is 1.45. The van der Waals surface area contributed by atoms with Gasteiger partial charge in [0.1, 0.15) is 5.75 Å². The summed E-state index contributed by atoms with van der Waals surface area (Å²) in [5.74, 6) is 0.581. The van der Waals surface area contributed by atoms with Crippen molar-refractivity contribution in [3.05, 3.63) is 101 Å². The highest BCUT2D eigenvalue weighted by molar-refractivity contribution is 7.07. The topological polar surface area (TPSA) is 43.6 Å². The second-order valence-corrected chi connectivity index (χ2v) is 7.15. The number of hydrogen-bond donors (Lipinski definition) is 0. The number of hydrogen-bond acceptors (Lipinski definition) is 3. The summed E-state index contributed by atoms with van der Waals surface area (Å²) < 4.78 is 7.57. The number of rotatable bonds is 5. The van der Waals surface area contributed by atoms with Gasteiger partial charge < -0.3 is 21.7 Å². The summed E-state index contributed by atoms with van der Waals surface area (Å²) in [6, 6.07) is 27.0. The molecule has 0 aliphatic heterocycles. The molecular formula is C24H20BrN2O2S-. The van der Waals surface area contributed by atoms with E-state index in [2.05, 4.69) is 4.99 Å². The smallest absolute Gasteiger partial charge is 0.279 e. The SMILES string of the molecule is CCOc1ccc(-c2csc(=NC(=O)c3ccccc3)n2-c2ccccc2)cc1.[Br-]. The first-order valence-electron chi connectivity index (χ1n) is 9.39. The van der Waals surface area contributed by atoms with Crippen molar-refractivity contribution in [1.29, 1.82) is 0 Å². The van der Waals surface area contributed by atoms with Crippen LogP contribution in [0.25, 0.3) is 16.9 Å². The number of benzene rings is 3. The van der Waals surface area contributed by atoms with Gasteiger partial charge in [0, 0.05) is 16.6 Å². The van der Waals surface area contributed by atoms with Crippen LogP contribution < -0.4 is 26.5 Å². The number of aromatic nitrogens is 1. The summed E-state index contributed by atoms with van der Waals surface area (Å²) in [5.41, 5.74) is 3.53. The first-order valence-corrected chi connectivity index (χ1v) is 10.3. The summed E-state index contributed by atoms with van der Waals surface area (Å²) in [6.45, 7) is 2.60. The molecule has 0 unspecified atom stereocenters. The Morgan fingerprint density at radius 2 is 1.57 bits per heavy atom. The number of para-hydroxylation sites is 1. The molecule has 0 saturated heterocycles. The van der Waals surface area contributed by atoms with E-state index in [1.165, 1.54) is 11.3 Å². The molecule has 0 aliphatic rings. The molecule has 1 heterocycles. The molecule has 4 rings (SSSR count). The van der Waals surface area contributed by atoms with Crippen molar-refractivity contribution in [2.45, 2.75) is 6.92 Å². The van der Waals surface area contributed by atoms with Crippen LogP contribution in [0, 0.1) is 0 Å². The minimum absolute atomic E-state index is 0. The number of amides is 1. The number of nitrogens with zero attached hydrogens (tertiary/aromatic N) is 2. The zero-order valence-corrected chi connectivity index (χ0v) is 18.8. The van der Waals surface area contributed by atoms with E-state index in [1.54, 1.807) is 12.1 Å². The van der Waals surface area contributed by atoms with Crippen LogP contribution in [0.15, 0.2) is 95.3 Å². The van der Waals surface area contributed by atoms with Gasteiger partial charge in [-0.05, 0) is 61.0 Å². The summed E-state index contributed by atoms with van der Waals surface area (Å²) in [5, 5.41) is 2.03. The average Bonchev–Trinajstić information content (AvgIpc) is 3.19. The van der Waals surface area contributed by atoms with Crippen molar-refractivity contribution in [2.24, 2.45) is 4.99 Å². The average molecular weight is 480 g/mol. The fourth-order valence-corrected chi connectivity index (χ4v) is 3.94. The predicted molar refractivity (Wildman–Crippen MR) is 117 cm³/mol. The first-order chi connectivity index (χ1) is 14.3. The van der Waals surface area contributed by atoms with E-state index < -0.39 is 0 Å². The molecule has 0 spiro atoms. The second-order valence-electron chi connectivity index (χ2n) is 6.31. The van der Waals surface area contributed by atoms with Gasteiger partial charge in [0.05, 0.1) is 12.3 Å². The number of ether oxygens (including phenoxy) is 1. The molecule has 0 radical (unpaired) electrons. The minimum Gasteiger partial charge on any atom is -1.00 e. The van der Waals surface area contributed by atoms with E-state index in [0.29, 0.717) is 17.0 Å². The van der Waals surface area contributed by atoms with Gasteiger partial charge in [-0.1, -0.05) is 36.4 Å². The molecule has 4 nitrogen and oxygen atoms in total. The molecule has 4 aromatic rings. The highest BCUT2D eigenvalue weighted by Gasteiger charge is 2.12. The standard InChI is InChI=1S/C24H20N2O2S.BrH/c1-2-28-21-15-13-18(14-16-21)22-17-29-24(26(22)20-11-7-4-8-12-20)25-23(27)19-9-5-3-6-10-19;/h3-17H,2H2,1H3;1H/p-1. The molecule has 0 N–H and O–H groups in total. The van der Waals surface area contributed by atoms with Crippen molar-refractivity contribution < 1.29 is 26.5 Å². The Bertz CT molecular complexity index is 1170. The molecule has 0 bridgehead atoms. The fourth-order valence-electron chi connectivity index (χ4n) is 3.04. The van der Waals surface area contributed by atoms with Crippen molar-refractivity contribution in [3.63, 3.8) is 0 Å². The van der Waals surface area contributed by atoms with Crippen LogP contribution in [-0.2, 0) is 0 Å². The van der Waals surface area contributed by atoms with Crippen LogP contribution in [0.5, 0.6) is 5.75 Å². The third-order valence-electron chi connectivity index (χ3n) is 4.40. The Kier molecular flexibility index (Phi) is 7.38. The van der Waals surface area contributed by atoms with Gasteiger partial charge in [-0.3, -0.25) is 9.36 Å². The molecule has 0 fully saturated rings. The van der Waals surface area contributed by atoms with Crippen LogP contribution in [-0.4, -0.2) is 17.1 Å². The molecule has 30 heavy (non-hydrogen) atoms. The largest absolute Gasteiger partial charge is 1.00 e. The van der Waals surface area contributed by atoms with Crippen molar-refractivity contribution >= 4 is 17.2 Å². The predicted octanol–water partition coefficient (Wildman–Crippen LogP) is 2.35. The quantitative estimate of drug-likeness (QED) is 0.440. The number of halogens is 1. The van der Waals surface area contributed by atoms with Crippen LogP contribution in [0.2, 0.25) is 0 Å². The van der Waals surface area contributed by atoms with E-state index in [9.17, 15) is 4.79 Å². The van der Waals surface area contributed by atoms with E-state index in [-0.39, 0.29) is 22.9 Å². The zero-order valence-electron chi connectivity index (χ0n) is 16.4. The molecule has 1 aromatic heterocycles. The van der Waals surface area contributed by atoms with Gasteiger partial charge in [0.25, 0.3) is 5.91 Å². The maximum Gasteiger partial charge on any atom is 0.279 e. The monoisotopic (exact) mass is 479 g/mol. The summed E-state index contributed by atoms with van der Waals surface area (Å²) in [7, 11) is 0. The number of carbonyl (C=O) groups is 1. The minimum atomic E-state index is -0.254. The van der Waals surface area contributed by atoms with Crippen molar-refractivity contribution in [1.82, 2.24) is 4.57 Å². The summed E-state index contributed by atoms with van der Waals surface area (Å²) in [6.07, 6.45) is 0. The lowest BCUT2D eigenvalue weighted by Crippen LogP contribution is -3.00. The van der Waals surface area contributed by atoms with E-state index >= 15 is 0 Å². The Morgan fingerprint density at radius 3 is 2.20 bits per heavy atom. The van der Waals surface area contributed by atoms with Crippen LogP contribution in [0.4, 0.5) is 0 Å². The summed E-state index contributed by atoms with van der Waals surface area (Å²) in [4.78, 5) is 17.7. The van der Waals surface area contributed by atoms with Crippen LogP contribution in [0.1, 0.15) is 17.3 Å². The molecule has 0 aliphatic carbocycles. The Labute approximate surface area is 189 Å². The van der Waals surface area contributed by atoms with Crippen molar-refractivity contribution in [2.75, 3.05) is 6.61 Å². The lowest BCUT2D eigenvalue weighted by molar-refractivity contribution is -0.0000142. The maximum atomic E-state index is 12.7.